The van der Waals surface area contributed by atoms with Crippen LogP contribution >= 0.6 is 0 Å². The molecule has 2 heterocycles. The molecule has 0 aliphatic carbocycles. The number of hydrogen-bond acceptors (Lipinski definition) is 4. The van der Waals surface area contributed by atoms with Gasteiger partial charge in [0.15, 0.2) is 0 Å². The summed E-state index contributed by atoms with van der Waals surface area (Å²) in [5, 5.41) is 3.85. The van der Waals surface area contributed by atoms with Gasteiger partial charge in [-0.2, -0.15) is 0 Å². The van der Waals surface area contributed by atoms with Crippen LogP contribution in [0.25, 0.3) is 0 Å². The van der Waals surface area contributed by atoms with Gasteiger partial charge in [-0.1, -0.05) is 6.92 Å². The van der Waals surface area contributed by atoms with Crippen LogP contribution in [0.1, 0.15) is 66.7 Å². The van der Waals surface area contributed by atoms with E-state index in [9.17, 15) is 4.79 Å². The van der Waals surface area contributed by atoms with E-state index in [0.29, 0.717) is 17.5 Å². The second-order valence-electron chi connectivity index (χ2n) is 9.25. The molecule has 0 spiro atoms. The highest BCUT2D eigenvalue weighted by molar-refractivity contribution is 5.68. The second-order valence-corrected chi connectivity index (χ2v) is 9.25. The SMILES string of the molecule is CCC1(CNC2CCN(C)C(C)C2)CCN(C(=O)OC(C)(C)C)CC1. The molecule has 2 fully saturated rings. The number of hydrogen-bond donors (Lipinski definition) is 1. The number of carbonyl (C=O) groups excluding carboxylic acids is 1. The van der Waals surface area contributed by atoms with Crippen LogP contribution in [-0.2, 0) is 4.74 Å². The van der Waals surface area contributed by atoms with Crippen molar-refractivity contribution in [1.29, 1.82) is 0 Å². The van der Waals surface area contributed by atoms with E-state index in [1.165, 1.54) is 25.8 Å². The van der Waals surface area contributed by atoms with E-state index in [0.717, 1.165) is 32.5 Å². The van der Waals surface area contributed by atoms with Crippen LogP contribution in [0.2, 0.25) is 0 Å². The summed E-state index contributed by atoms with van der Waals surface area (Å²) in [4.78, 5) is 16.6. The Balaban J connectivity index is 1.81. The average Bonchev–Trinajstić information content (AvgIpc) is 2.55. The summed E-state index contributed by atoms with van der Waals surface area (Å²) in [5.74, 6) is 0. The number of rotatable bonds is 4. The lowest BCUT2D eigenvalue weighted by Crippen LogP contribution is -2.51. The second kappa shape index (κ2) is 8.26. The van der Waals surface area contributed by atoms with Crippen LogP contribution in [0.4, 0.5) is 4.79 Å². The molecule has 0 radical (unpaired) electrons. The predicted molar refractivity (Wildman–Crippen MR) is 103 cm³/mol. The van der Waals surface area contributed by atoms with E-state index in [1.807, 2.05) is 25.7 Å². The van der Waals surface area contributed by atoms with E-state index in [1.54, 1.807) is 0 Å². The van der Waals surface area contributed by atoms with E-state index in [-0.39, 0.29) is 6.09 Å². The highest BCUT2D eigenvalue weighted by Crippen LogP contribution is 2.35. The van der Waals surface area contributed by atoms with Crippen molar-refractivity contribution in [2.75, 3.05) is 33.2 Å². The largest absolute Gasteiger partial charge is 0.444 e. The maximum absolute atomic E-state index is 12.3. The van der Waals surface area contributed by atoms with Crippen molar-refractivity contribution in [3.63, 3.8) is 0 Å². The summed E-state index contributed by atoms with van der Waals surface area (Å²) < 4.78 is 5.52. The summed E-state index contributed by atoms with van der Waals surface area (Å²) in [6.07, 6.45) is 5.62. The summed E-state index contributed by atoms with van der Waals surface area (Å²) in [6, 6.07) is 1.30. The first-order valence-electron chi connectivity index (χ1n) is 10.1. The summed E-state index contributed by atoms with van der Waals surface area (Å²) in [5.41, 5.74) is -0.0894. The van der Waals surface area contributed by atoms with E-state index < -0.39 is 5.60 Å². The Morgan fingerprint density at radius 1 is 1.24 bits per heavy atom. The molecule has 2 aliphatic heterocycles. The molecule has 2 atom stereocenters. The summed E-state index contributed by atoms with van der Waals surface area (Å²) in [7, 11) is 2.22. The van der Waals surface area contributed by atoms with Crippen LogP contribution in [0.15, 0.2) is 0 Å². The van der Waals surface area contributed by atoms with Gasteiger partial charge in [0.25, 0.3) is 0 Å². The van der Waals surface area contributed by atoms with E-state index >= 15 is 0 Å². The average molecular weight is 354 g/mol. The highest BCUT2D eigenvalue weighted by Gasteiger charge is 2.36. The Kier molecular flexibility index (Phi) is 6.77. The number of ether oxygens (including phenoxy) is 1. The first kappa shape index (κ1) is 20.5. The van der Waals surface area contributed by atoms with Gasteiger partial charge in [0, 0.05) is 31.7 Å². The van der Waals surface area contributed by atoms with Crippen molar-refractivity contribution in [3.8, 4) is 0 Å². The molecule has 5 nitrogen and oxygen atoms in total. The number of nitrogens with zero attached hydrogens (tertiary/aromatic N) is 2. The molecule has 0 bridgehead atoms. The quantitative estimate of drug-likeness (QED) is 0.840. The topological polar surface area (TPSA) is 44.8 Å². The maximum Gasteiger partial charge on any atom is 0.410 e. The fourth-order valence-electron chi connectivity index (χ4n) is 3.98. The Morgan fingerprint density at radius 2 is 1.88 bits per heavy atom. The normalized spacial score (nSPS) is 28.0. The first-order chi connectivity index (χ1) is 11.6. The van der Waals surface area contributed by atoms with Crippen molar-refractivity contribution >= 4 is 6.09 Å². The van der Waals surface area contributed by atoms with Gasteiger partial charge in [-0.3, -0.25) is 0 Å². The molecular formula is C20H39N3O2. The lowest BCUT2D eigenvalue weighted by Gasteiger charge is -2.43. The van der Waals surface area contributed by atoms with Crippen LogP contribution in [0, 0.1) is 5.41 Å². The highest BCUT2D eigenvalue weighted by atomic mass is 16.6. The molecule has 0 saturated carbocycles. The Bertz CT molecular complexity index is 439. The first-order valence-corrected chi connectivity index (χ1v) is 10.1. The van der Waals surface area contributed by atoms with Gasteiger partial charge in [0.2, 0.25) is 0 Å². The van der Waals surface area contributed by atoms with Gasteiger partial charge in [-0.25, -0.2) is 4.79 Å². The zero-order chi connectivity index (χ0) is 18.7. The summed E-state index contributed by atoms with van der Waals surface area (Å²) in [6.45, 7) is 14.3. The molecule has 5 heteroatoms. The van der Waals surface area contributed by atoms with E-state index in [2.05, 4.69) is 31.1 Å². The molecule has 2 saturated heterocycles. The number of nitrogens with one attached hydrogen (secondary N) is 1. The third kappa shape index (κ3) is 5.85. The monoisotopic (exact) mass is 353 g/mol. The van der Waals surface area contributed by atoms with Crippen molar-refractivity contribution < 1.29 is 9.53 Å². The lowest BCUT2D eigenvalue weighted by molar-refractivity contribution is 0.00870. The summed E-state index contributed by atoms with van der Waals surface area (Å²) >= 11 is 0. The van der Waals surface area contributed by atoms with Gasteiger partial charge in [-0.15, -0.1) is 0 Å². The van der Waals surface area contributed by atoms with Crippen LogP contribution in [-0.4, -0.2) is 66.8 Å². The molecule has 146 valence electrons. The van der Waals surface area contributed by atoms with Gasteiger partial charge in [0.05, 0.1) is 0 Å². The smallest absolute Gasteiger partial charge is 0.410 e. The molecular weight excluding hydrogens is 314 g/mol. The molecule has 0 aromatic heterocycles. The number of likely N-dealkylation sites (tertiary alicyclic amines) is 2. The molecule has 25 heavy (non-hydrogen) atoms. The minimum absolute atomic E-state index is 0.158. The Hall–Kier alpha value is -0.810. The maximum atomic E-state index is 12.3. The van der Waals surface area contributed by atoms with Crippen molar-refractivity contribution in [3.05, 3.63) is 0 Å². The van der Waals surface area contributed by atoms with Gasteiger partial charge in [-0.05, 0) is 78.8 Å². The number of carbonyl (C=O) groups is 1. The fraction of sp³-hybridized carbons (Fsp3) is 0.950. The van der Waals surface area contributed by atoms with Crippen molar-refractivity contribution in [2.45, 2.75) is 84.4 Å². The Labute approximate surface area is 154 Å². The molecule has 2 aliphatic rings. The fourth-order valence-corrected chi connectivity index (χ4v) is 3.98. The van der Waals surface area contributed by atoms with Gasteiger partial charge >= 0.3 is 6.09 Å². The third-order valence-electron chi connectivity index (χ3n) is 6.20. The molecule has 1 amide bonds. The molecule has 1 N–H and O–H groups in total. The molecule has 2 unspecified atom stereocenters. The standard InChI is InChI=1S/C20H39N3O2/c1-7-20(15-21-17-8-11-22(6)16(2)14-17)9-12-23(13-10-20)18(24)25-19(3,4)5/h16-17,21H,7-15H2,1-6H3. The molecule has 2 rings (SSSR count). The molecule has 0 aromatic rings. The zero-order valence-electron chi connectivity index (χ0n) is 17.2. The third-order valence-corrected chi connectivity index (χ3v) is 6.20. The van der Waals surface area contributed by atoms with Crippen molar-refractivity contribution in [1.82, 2.24) is 15.1 Å². The van der Waals surface area contributed by atoms with Crippen LogP contribution in [0.5, 0.6) is 0 Å². The minimum Gasteiger partial charge on any atom is -0.444 e. The predicted octanol–water partition coefficient (Wildman–Crippen LogP) is 3.49. The number of piperidine rings is 2. The van der Waals surface area contributed by atoms with Crippen molar-refractivity contribution in [2.24, 2.45) is 5.41 Å². The van der Waals surface area contributed by atoms with Crippen LogP contribution < -0.4 is 5.32 Å². The van der Waals surface area contributed by atoms with Gasteiger partial charge < -0.3 is 19.9 Å². The van der Waals surface area contributed by atoms with E-state index in [4.69, 9.17) is 4.74 Å². The van der Waals surface area contributed by atoms with Gasteiger partial charge in [0.1, 0.15) is 5.60 Å². The lowest BCUT2D eigenvalue weighted by atomic mass is 9.76. The molecule has 0 aromatic carbocycles. The minimum atomic E-state index is -0.414. The Morgan fingerprint density at radius 3 is 2.40 bits per heavy atom. The number of amides is 1. The zero-order valence-corrected chi connectivity index (χ0v) is 17.2. The van der Waals surface area contributed by atoms with Crippen LogP contribution in [0.3, 0.4) is 0 Å².